The Labute approximate surface area is 290 Å². The number of hydrogen-bond donors (Lipinski definition) is 0. The predicted molar refractivity (Wildman–Crippen MR) is 205 cm³/mol. The Morgan fingerprint density at radius 3 is 1.69 bits per heavy atom. The highest BCUT2D eigenvalue weighted by molar-refractivity contribution is 8.29. The largest absolute Gasteiger partial charge is 0.309 e. The van der Waals surface area contributed by atoms with Gasteiger partial charge in [-0.05, 0) is 76.1 Å². The third-order valence-electron chi connectivity index (χ3n) is 9.42. The van der Waals surface area contributed by atoms with Crippen LogP contribution in [0.3, 0.4) is 0 Å². The molecule has 4 nitrogen and oxygen atoms in total. The van der Waals surface area contributed by atoms with Crippen LogP contribution in [0, 0.1) is 0 Å². The Bertz CT molecular complexity index is 2710. The highest BCUT2D eigenvalue weighted by atomic mass is 32.8. The molecule has 1 unspecified atom stereocenters. The first-order valence-electron chi connectivity index (χ1n) is 16.2. The lowest BCUT2D eigenvalue weighted by Crippen LogP contribution is -2.00. The lowest BCUT2D eigenvalue weighted by atomic mass is 9.97. The van der Waals surface area contributed by atoms with E-state index >= 15 is 0 Å². The maximum atomic E-state index is 6.21. The second kappa shape index (κ2) is 11.1. The van der Waals surface area contributed by atoms with Crippen LogP contribution >= 0.6 is 0 Å². The van der Waals surface area contributed by atoms with Gasteiger partial charge in [0, 0.05) is 48.5 Å². The second-order valence-electron chi connectivity index (χ2n) is 12.2. The fourth-order valence-electron chi connectivity index (χ4n) is 7.12. The van der Waals surface area contributed by atoms with Gasteiger partial charge >= 0.3 is 0 Å². The molecule has 10 rings (SSSR count). The summed E-state index contributed by atoms with van der Waals surface area (Å²) in [6.45, 7) is 0. The first-order chi connectivity index (χ1) is 24.2. The lowest BCUT2D eigenvalue weighted by Gasteiger charge is -2.11. The van der Waals surface area contributed by atoms with Gasteiger partial charge in [0.25, 0.3) is 0 Å². The van der Waals surface area contributed by atoms with Crippen LogP contribution in [-0.2, 0) is 20.6 Å². The van der Waals surface area contributed by atoms with E-state index in [0.717, 1.165) is 27.9 Å². The fourth-order valence-corrected chi connectivity index (χ4v) is 9.37. The van der Waals surface area contributed by atoms with Gasteiger partial charge < -0.3 is 4.57 Å². The van der Waals surface area contributed by atoms with Gasteiger partial charge in [-0.3, -0.25) is 0 Å². The maximum Gasteiger partial charge on any atom is 0.164 e. The second-order valence-corrected chi connectivity index (χ2v) is 14.6. The first-order valence-corrected chi connectivity index (χ1v) is 18.4. The van der Waals surface area contributed by atoms with E-state index in [0.29, 0.717) is 17.5 Å². The molecule has 0 saturated heterocycles. The summed E-state index contributed by atoms with van der Waals surface area (Å²) in [5.74, 6) is 1.94. The SMILES string of the molecule is S=S1c2cc3c4ccccc4n(-c4ccc(-c5nc(-c6ccccc6)nc(-c6ccccc6)n5)cc4)c3cc2-c2c1ccc1ccccc21. The summed E-state index contributed by atoms with van der Waals surface area (Å²) in [5.41, 5.74) is 8.75. The quantitative estimate of drug-likeness (QED) is 0.188. The van der Waals surface area contributed by atoms with Crippen LogP contribution in [0.2, 0.25) is 0 Å². The molecule has 0 N–H and O–H groups in total. The van der Waals surface area contributed by atoms with Gasteiger partial charge in [-0.2, -0.15) is 0 Å². The average Bonchev–Trinajstić information content (AvgIpc) is 3.65. The molecular weight excluding hydrogens is 637 g/mol. The summed E-state index contributed by atoms with van der Waals surface area (Å²) in [4.78, 5) is 17.2. The molecule has 0 spiro atoms. The van der Waals surface area contributed by atoms with Crippen LogP contribution in [0.5, 0.6) is 0 Å². The molecule has 9 aromatic rings. The van der Waals surface area contributed by atoms with Gasteiger partial charge in [-0.15, -0.1) is 0 Å². The van der Waals surface area contributed by atoms with Crippen molar-refractivity contribution in [2.45, 2.75) is 9.79 Å². The summed E-state index contributed by atoms with van der Waals surface area (Å²) in [5, 5.41) is 4.93. The number of aromatic nitrogens is 4. The molecule has 0 bridgehead atoms. The van der Waals surface area contributed by atoms with Gasteiger partial charge in [0.1, 0.15) is 0 Å². The molecule has 0 saturated carbocycles. The van der Waals surface area contributed by atoms with Crippen molar-refractivity contribution >= 4 is 53.2 Å². The monoisotopic (exact) mass is 662 g/mol. The Hall–Kier alpha value is -5.82. The third kappa shape index (κ3) is 4.49. The number of benzene rings is 7. The van der Waals surface area contributed by atoms with E-state index in [2.05, 4.69) is 102 Å². The van der Waals surface area contributed by atoms with E-state index < -0.39 is 9.45 Å². The molecule has 7 aromatic carbocycles. The number of rotatable bonds is 4. The molecule has 3 heterocycles. The summed E-state index contributed by atoms with van der Waals surface area (Å²) in [6.07, 6.45) is 0. The zero-order valence-electron chi connectivity index (χ0n) is 26.1. The van der Waals surface area contributed by atoms with Crippen LogP contribution in [0.15, 0.2) is 168 Å². The molecule has 0 fully saturated rings. The van der Waals surface area contributed by atoms with Crippen molar-refractivity contribution in [3.63, 3.8) is 0 Å². The van der Waals surface area contributed by atoms with Crippen molar-refractivity contribution in [3.05, 3.63) is 158 Å². The standard InChI is InChI=1S/C43H26N4S2/c48-49-38-24-21-27-11-7-8-16-32(27)40(38)35-25-37-34(26-39(35)49)33-17-9-10-18-36(33)47(37)31-22-19-30(20-23-31)43-45-41(28-12-3-1-4-13-28)44-42(46-43)29-14-5-2-6-15-29/h1-26H. The topological polar surface area (TPSA) is 43.6 Å². The van der Waals surface area contributed by atoms with E-state index in [1.54, 1.807) is 0 Å². The number of nitrogens with zero attached hydrogens (tertiary/aromatic N) is 4. The normalized spacial score (nSPS) is 13.6. The van der Waals surface area contributed by atoms with E-state index in [1.165, 1.54) is 48.0 Å². The predicted octanol–water partition coefficient (Wildman–Crippen LogP) is 10.6. The number of para-hydroxylation sites is 1. The van der Waals surface area contributed by atoms with Crippen LogP contribution < -0.4 is 0 Å². The molecule has 6 heteroatoms. The van der Waals surface area contributed by atoms with Crippen molar-refractivity contribution in [2.24, 2.45) is 0 Å². The van der Waals surface area contributed by atoms with Crippen molar-refractivity contribution < 1.29 is 0 Å². The highest BCUT2D eigenvalue weighted by Crippen LogP contribution is 2.48. The Balaban J connectivity index is 1.15. The zero-order valence-corrected chi connectivity index (χ0v) is 27.7. The van der Waals surface area contributed by atoms with Gasteiger partial charge in [0.15, 0.2) is 17.5 Å². The average molecular weight is 663 g/mol. The minimum absolute atomic E-state index is 0.414. The molecule has 0 amide bonds. The molecule has 0 radical (unpaired) electrons. The molecule has 230 valence electrons. The molecule has 1 aliphatic rings. The number of fused-ring (bicyclic) bond motifs is 8. The number of hydrogen-bond acceptors (Lipinski definition) is 4. The summed E-state index contributed by atoms with van der Waals surface area (Å²) >= 11 is 6.21. The first kappa shape index (κ1) is 28.2. The van der Waals surface area contributed by atoms with E-state index in [4.69, 9.17) is 26.1 Å². The maximum absolute atomic E-state index is 6.21. The summed E-state index contributed by atoms with van der Waals surface area (Å²) in [6, 6.07) is 55.2. The van der Waals surface area contributed by atoms with Gasteiger partial charge in [-0.1, -0.05) is 119 Å². The van der Waals surface area contributed by atoms with Gasteiger partial charge in [-0.25, -0.2) is 15.0 Å². The lowest BCUT2D eigenvalue weighted by molar-refractivity contribution is 1.07. The Kier molecular flexibility index (Phi) is 6.41. The van der Waals surface area contributed by atoms with E-state index in [9.17, 15) is 0 Å². The van der Waals surface area contributed by atoms with Crippen molar-refractivity contribution in [1.29, 1.82) is 0 Å². The minimum Gasteiger partial charge on any atom is -0.309 e. The van der Waals surface area contributed by atoms with Crippen LogP contribution in [0.25, 0.3) is 83.6 Å². The van der Waals surface area contributed by atoms with Gasteiger partial charge in [0.05, 0.1) is 11.0 Å². The third-order valence-corrected chi connectivity index (χ3v) is 12.0. The van der Waals surface area contributed by atoms with Crippen LogP contribution in [0.4, 0.5) is 0 Å². The molecule has 1 atom stereocenters. The molecular formula is C43H26N4S2. The Morgan fingerprint density at radius 1 is 0.449 bits per heavy atom. The van der Waals surface area contributed by atoms with Crippen molar-refractivity contribution in [2.75, 3.05) is 0 Å². The van der Waals surface area contributed by atoms with Crippen molar-refractivity contribution in [3.8, 4) is 51.0 Å². The summed E-state index contributed by atoms with van der Waals surface area (Å²) in [7, 11) is -0.414. The van der Waals surface area contributed by atoms with Gasteiger partial charge in [0.2, 0.25) is 0 Å². The summed E-state index contributed by atoms with van der Waals surface area (Å²) < 4.78 is 2.37. The van der Waals surface area contributed by atoms with Crippen molar-refractivity contribution in [1.82, 2.24) is 19.5 Å². The highest BCUT2D eigenvalue weighted by Gasteiger charge is 2.27. The van der Waals surface area contributed by atoms with E-state index in [-0.39, 0.29) is 0 Å². The smallest absolute Gasteiger partial charge is 0.164 e. The van der Waals surface area contributed by atoms with Crippen LogP contribution in [-0.4, -0.2) is 19.5 Å². The molecule has 49 heavy (non-hydrogen) atoms. The molecule has 0 aliphatic carbocycles. The fraction of sp³-hybridized carbons (Fsp3) is 0. The molecule has 1 aliphatic heterocycles. The zero-order chi connectivity index (χ0) is 32.5. The van der Waals surface area contributed by atoms with E-state index in [1.807, 2.05) is 60.7 Å². The van der Waals surface area contributed by atoms with Crippen LogP contribution in [0.1, 0.15) is 0 Å². The minimum atomic E-state index is -0.414. The Morgan fingerprint density at radius 2 is 1.02 bits per heavy atom. The molecule has 2 aromatic heterocycles.